The van der Waals surface area contributed by atoms with Crippen LogP contribution >= 0.6 is 0 Å². The molecule has 7 aromatic heterocycles. The van der Waals surface area contributed by atoms with Gasteiger partial charge in [0.25, 0.3) is 0 Å². The average molecular weight is 1120 g/mol. The van der Waals surface area contributed by atoms with Crippen molar-refractivity contribution in [2.24, 2.45) is 0 Å². The normalized spacial score (nSPS) is 11.3. The van der Waals surface area contributed by atoms with Crippen molar-refractivity contribution < 1.29 is 54.3 Å². The Morgan fingerprint density at radius 3 is 0.850 bits per heavy atom. The van der Waals surface area contributed by atoms with Gasteiger partial charge in [0, 0.05) is 75.0 Å². The van der Waals surface area contributed by atoms with Crippen molar-refractivity contribution >= 4 is 46.4 Å². The van der Waals surface area contributed by atoms with E-state index in [1.165, 1.54) is 0 Å². The zero-order chi connectivity index (χ0) is 51.6. The molecule has 8 bridgehead atoms. The van der Waals surface area contributed by atoms with Crippen LogP contribution in [0.4, 0.5) is 0 Å². The number of unbranched alkanes of at least 4 members (excludes halogenated alkanes) is 3. The number of rotatable bonds is 27. The number of ether oxygens (including phenoxy) is 4. The van der Waals surface area contributed by atoms with Crippen LogP contribution in [-0.2, 0) is 62.2 Å². The minimum absolute atomic E-state index is 0. The van der Waals surface area contributed by atoms with E-state index in [4.69, 9.17) is 38.9 Å². The van der Waals surface area contributed by atoms with Crippen LogP contribution in [-0.4, -0.2) is 62.8 Å². The van der Waals surface area contributed by atoms with Gasteiger partial charge in [-0.05, 0) is 74.3 Å². The first-order valence-electron chi connectivity index (χ1n) is 27.4. The van der Waals surface area contributed by atoms with Gasteiger partial charge in [0.15, 0.2) is 51.0 Å². The van der Waals surface area contributed by atoms with Crippen LogP contribution in [0, 0.1) is 29.7 Å². The molecule has 0 radical (unpaired) electrons. The molecular formula is C67H86MnN8O4+. The van der Waals surface area contributed by atoms with Crippen molar-refractivity contribution in [3.8, 4) is 45.0 Å². The maximum absolute atomic E-state index is 6.16. The fourth-order valence-corrected chi connectivity index (χ4v) is 9.67. The van der Waals surface area contributed by atoms with E-state index in [0.717, 1.165) is 155 Å². The predicted molar refractivity (Wildman–Crippen MR) is 323 cm³/mol. The fourth-order valence-electron chi connectivity index (χ4n) is 9.67. The van der Waals surface area contributed by atoms with Gasteiger partial charge in [-0.15, -0.1) is 22.1 Å². The van der Waals surface area contributed by atoms with Crippen LogP contribution in [0.2, 0.25) is 0 Å². The predicted octanol–water partition coefficient (Wildman–Crippen LogP) is 12.4. The zero-order valence-electron chi connectivity index (χ0n) is 48.9. The number of fused-ring (bicyclic) bond motifs is 8. The van der Waals surface area contributed by atoms with Gasteiger partial charge in [-0.3, -0.25) is 0 Å². The molecule has 0 atom stereocenters. The molecule has 0 saturated heterocycles. The first kappa shape index (κ1) is 66.1. The Labute approximate surface area is 489 Å². The first-order chi connectivity index (χ1) is 37.1. The molecule has 12 nitrogen and oxygen atoms in total. The third-order valence-electron chi connectivity index (χ3n) is 13.6. The van der Waals surface area contributed by atoms with E-state index in [1.807, 2.05) is 0 Å². The quantitative estimate of drug-likeness (QED) is 0.0217. The van der Waals surface area contributed by atoms with Crippen molar-refractivity contribution in [3.63, 3.8) is 0 Å². The van der Waals surface area contributed by atoms with E-state index in [0.29, 0.717) is 59.2 Å². The van der Waals surface area contributed by atoms with E-state index < -0.39 is 0 Å². The maximum atomic E-state index is 6.16. The smallest absolute Gasteiger partial charge is 0.656 e. The van der Waals surface area contributed by atoms with E-state index in [2.05, 4.69) is 192 Å². The molecule has 80 heavy (non-hydrogen) atoms. The van der Waals surface area contributed by atoms with Crippen LogP contribution < -0.4 is 28.2 Å². The molecule has 0 fully saturated rings. The summed E-state index contributed by atoms with van der Waals surface area (Å²) in [5.74, 6) is 0. The molecule has 0 aliphatic carbocycles. The fraction of sp³-hybridized carbons (Fsp3) is 0.343. The van der Waals surface area contributed by atoms with Crippen LogP contribution in [0.5, 0.6) is 0 Å². The van der Waals surface area contributed by atoms with E-state index >= 15 is 0 Å². The summed E-state index contributed by atoms with van der Waals surface area (Å²) in [7, 11) is 0. The molecule has 9 heterocycles. The van der Waals surface area contributed by atoms with Gasteiger partial charge in [-0.2, -0.15) is 18.3 Å². The van der Waals surface area contributed by atoms with Crippen LogP contribution in [0.3, 0.4) is 0 Å². The average Bonchev–Trinajstić information content (AvgIpc) is 4.30. The Hall–Kier alpha value is -6.44. The summed E-state index contributed by atoms with van der Waals surface area (Å²) < 4.78 is 33.6. The molecule has 13 heteroatoms. The van der Waals surface area contributed by atoms with Gasteiger partial charge in [-0.1, -0.05) is 71.2 Å². The number of aromatic nitrogens is 8. The van der Waals surface area contributed by atoms with Gasteiger partial charge in [0.05, 0.1) is 45.0 Å². The molecule has 7 aromatic rings. The van der Waals surface area contributed by atoms with Gasteiger partial charge < -0.3 is 58.6 Å². The number of pyridine rings is 4. The summed E-state index contributed by atoms with van der Waals surface area (Å²) in [5, 5.41) is 0. The third-order valence-corrected chi connectivity index (χ3v) is 13.6. The van der Waals surface area contributed by atoms with Gasteiger partial charge >= 0.3 is 17.1 Å². The van der Waals surface area contributed by atoms with Crippen molar-refractivity contribution in [2.45, 2.75) is 98.8 Å². The summed E-state index contributed by atoms with van der Waals surface area (Å²) in [5.41, 5.74) is 14.1. The van der Waals surface area contributed by atoms with E-state index in [1.54, 1.807) is 0 Å². The summed E-state index contributed by atoms with van der Waals surface area (Å²) in [6.07, 6.45) is 24.4. The van der Waals surface area contributed by atoms with E-state index in [9.17, 15) is 0 Å². The Kier molecular flexibility index (Phi) is 28.1. The largest absolute Gasteiger partial charge is 3.00 e. The van der Waals surface area contributed by atoms with Crippen molar-refractivity contribution in [1.29, 1.82) is 0 Å². The molecule has 424 valence electrons. The minimum Gasteiger partial charge on any atom is -0.656 e. The van der Waals surface area contributed by atoms with E-state index in [-0.39, 0.29) is 46.8 Å². The summed E-state index contributed by atoms with van der Waals surface area (Å²) in [4.78, 5) is 22.5. The Morgan fingerprint density at radius 2 is 0.600 bits per heavy atom. The topological polar surface area (TPSA) is 106 Å². The molecular weight excluding hydrogens is 1040 g/mol. The second-order valence-electron chi connectivity index (χ2n) is 19.0. The Balaban J connectivity index is 0.00000276. The zero-order valence-corrected chi connectivity index (χ0v) is 50.1. The molecule has 2 aliphatic heterocycles. The molecule has 0 amide bonds. The van der Waals surface area contributed by atoms with Gasteiger partial charge in [0.2, 0.25) is 22.8 Å². The standard InChI is InChI=1S/C63H74N8O4.4CH3.Mn/c1-5-9-41-73-45-37-69-33-17-13-21-57(69)61-50-26-24-48(64-50)60(56-20-12-16-32-68(56)36-44-72-40-8-4)49-25-27-51(65-49)62(58-22-14-18-34-70(58)38-46-74-42-10-6-2)53-29-31-55(67-53)63(54-30-28-52(61)66-54)59-23-15-19-35-71(59)39-47-75-43-11-7-3;;;;;/h12-35H,5-11,36-47H2,1-4H3;4*1H3;/q+2;4*-1;+3. The number of nitrogens with zero attached hydrogens (tertiary/aromatic N) is 8. The van der Waals surface area contributed by atoms with Crippen LogP contribution in [0.15, 0.2) is 122 Å². The summed E-state index contributed by atoms with van der Waals surface area (Å²) in [6, 6.07) is 33.9. The van der Waals surface area contributed by atoms with Crippen molar-refractivity contribution in [2.75, 3.05) is 52.9 Å². The maximum Gasteiger partial charge on any atom is 3.00 e. The second-order valence-corrected chi connectivity index (χ2v) is 19.0. The van der Waals surface area contributed by atoms with Crippen molar-refractivity contribution in [3.05, 3.63) is 174 Å². The third kappa shape index (κ3) is 16.1. The SMILES string of the molecule is CCCCOCC[n+]1ccccc1-c1c2nc(c(-c3cccc[n+]3CCOCCCC)c3ccc([n-]3)c(-c3cccc[n+]3CCOCCCC)c3nc(c(-c4cccc[n+]4CCOCCC)c4ccc1[n-]4)C=C3)C=C2.[CH3-].[CH3-].[CH3-].[CH3-].[Mn+3]. The molecule has 9 rings (SSSR count). The van der Waals surface area contributed by atoms with Gasteiger partial charge in [0.1, 0.15) is 26.4 Å². The minimum atomic E-state index is 0. The number of hydrogen-bond acceptors (Lipinski definition) is 6. The Bertz CT molecular complexity index is 3200. The van der Waals surface area contributed by atoms with Crippen molar-refractivity contribution in [1.82, 2.24) is 19.9 Å². The van der Waals surface area contributed by atoms with Crippen LogP contribution in [0.1, 0.15) is 95.4 Å². The summed E-state index contributed by atoms with van der Waals surface area (Å²) >= 11 is 0. The molecule has 0 N–H and O–H groups in total. The molecule has 2 aliphatic rings. The monoisotopic (exact) mass is 1120 g/mol. The molecule has 0 unspecified atom stereocenters. The number of hydrogen-bond donors (Lipinski definition) is 0. The summed E-state index contributed by atoms with van der Waals surface area (Å²) in [6.45, 7) is 16.6. The Morgan fingerprint density at radius 1 is 0.338 bits per heavy atom. The molecule has 0 aromatic carbocycles. The first-order valence-corrected chi connectivity index (χ1v) is 27.4. The molecule has 0 spiro atoms. The second kappa shape index (κ2) is 34.0. The van der Waals surface area contributed by atoms with Crippen LogP contribution in [0.25, 0.3) is 91.4 Å². The molecule has 0 saturated carbocycles. The van der Waals surface area contributed by atoms with Gasteiger partial charge in [-0.25, -0.2) is 9.97 Å².